The first-order valence-corrected chi connectivity index (χ1v) is 14.7. The first-order chi connectivity index (χ1) is 17.1. The van der Waals surface area contributed by atoms with E-state index in [1.807, 2.05) is 0 Å². The predicted molar refractivity (Wildman–Crippen MR) is 144 cm³/mol. The number of aryl methyl sites for hydroxylation is 2. The lowest BCUT2D eigenvalue weighted by atomic mass is 9.89. The van der Waals surface area contributed by atoms with Gasteiger partial charge >= 0.3 is 7.60 Å². The Morgan fingerprint density at radius 3 is 2.44 bits per heavy atom. The Balaban J connectivity index is 1.88. The zero-order valence-electron chi connectivity index (χ0n) is 22.2. The van der Waals surface area contributed by atoms with Gasteiger partial charge in [-0.15, -0.1) is 0 Å². The molecule has 6 nitrogen and oxygen atoms in total. The van der Waals surface area contributed by atoms with Crippen molar-refractivity contribution in [3.63, 3.8) is 0 Å². The maximum absolute atomic E-state index is 14.8. The predicted octanol–water partition coefficient (Wildman–Crippen LogP) is 6.32. The molecule has 0 saturated heterocycles. The standard InChI is InChI=1S/C28H43FNO5P/c1-5-6-9-23(17-24-12-11-21(2)22(3)16-24)10-7-14-35-28-26(29)18-25(19-27(28)34-4)20-30-13-8-15-36(31,32)33/h11-12,16,18-19,23,30H,5-10,13-15,17,20H2,1-4H3,(H2,31,32,33). The summed E-state index contributed by atoms with van der Waals surface area (Å²) in [5.41, 5.74) is 4.70. The van der Waals surface area contributed by atoms with Gasteiger partial charge in [-0.3, -0.25) is 4.57 Å². The molecule has 0 spiro atoms. The molecule has 0 aromatic heterocycles. The fraction of sp³-hybridized carbons (Fsp3) is 0.571. The number of hydrogen-bond donors (Lipinski definition) is 3. The van der Waals surface area contributed by atoms with Gasteiger partial charge in [-0.2, -0.15) is 0 Å². The molecule has 2 aromatic rings. The minimum absolute atomic E-state index is 0.127. The van der Waals surface area contributed by atoms with Crippen molar-refractivity contribution in [2.45, 2.75) is 72.3 Å². The molecule has 2 aromatic carbocycles. The van der Waals surface area contributed by atoms with Gasteiger partial charge in [0.25, 0.3) is 0 Å². The van der Waals surface area contributed by atoms with E-state index >= 15 is 0 Å². The number of ether oxygens (including phenoxy) is 2. The van der Waals surface area contributed by atoms with Crippen LogP contribution in [0.1, 0.15) is 67.7 Å². The van der Waals surface area contributed by atoms with Crippen LogP contribution in [-0.4, -0.2) is 36.2 Å². The third kappa shape index (κ3) is 11.0. The Bertz CT molecular complexity index is 994. The van der Waals surface area contributed by atoms with Crippen LogP contribution in [0.2, 0.25) is 0 Å². The molecule has 1 atom stereocenters. The fourth-order valence-electron chi connectivity index (χ4n) is 4.31. The molecule has 2 rings (SSSR count). The van der Waals surface area contributed by atoms with Gasteiger partial charge in [0, 0.05) is 6.54 Å². The van der Waals surface area contributed by atoms with Crippen LogP contribution in [0.3, 0.4) is 0 Å². The van der Waals surface area contributed by atoms with Crippen molar-refractivity contribution in [1.29, 1.82) is 0 Å². The molecule has 36 heavy (non-hydrogen) atoms. The van der Waals surface area contributed by atoms with Crippen molar-refractivity contribution in [2.24, 2.45) is 5.92 Å². The van der Waals surface area contributed by atoms with Crippen molar-refractivity contribution < 1.29 is 28.2 Å². The van der Waals surface area contributed by atoms with Gasteiger partial charge in [0.15, 0.2) is 17.3 Å². The van der Waals surface area contributed by atoms with Gasteiger partial charge in [0.05, 0.1) is 19.9 Å². The Morgan fingerprint density at radius 2 is 1.78 bits per heavy atom. The van der Waals surface area contributed by atoms with E-state index in [1.54, 1.807) is 6.07 Å². The average molecular weight is 524 g/mol. The summed E-state index contributed by atoms with van der Waals surface area (Å²) >= 11 is 0. The fourth-order valence-corrected chi connectivity index (χ4v) is 4.88. The number of rotatable bonds is 17. The number of nitrogens with one attached hydrogen (secondary N) is 1. The van der Waals surface area contributed by atoms with Gasteiger partial charge < -0.3 is 24.6 Å². The highest BCUT2D eigenvalue weighted by Crippen LogP contribution is 2.35. The summed E-state index contributed by atoms with van der Waals surface area (Å²) in [7, 11) is -2.50. The molecule has 0 aliphatic rings. The summed E-state index contributed by atoms with van der Waals surface area (Å²) in [4.78, 5) is 17.8. The molecule has 0 heterocycles. The van der Waals surface area contributed by atoms with Crippen LogP contribution in [0.5, 0.6) is 11.5 Å². The van der Waals surface area contributed by atoms with Gasteiger partial charge in [0.2, 0.25) is 0 Å². The van der Waals surface area contributed by atoms with Crippen LogP contribution in [0.25, 0.3) is 0 Å². The molecule has 0 aliphatic heterocycles. The lowest BCUT2D eigenvalue weighted by Crippen LogP contribution is -2.16. The molecule has 202 valence electrons. The van der Waals surface area contributed by atoms with Crippen molar-refractivity contribution in [2.75, 3.05) is 26.4 Å². The molecular weight excluding hydrogens is 480 g/mol. The Kier molecular flexibility index (Phi) is 12.9. The van der Waals surface area contributed by atoms with E-state index in [-0.39, 0.29) is 11.9 Å². The van der Waals surface area contributed by atoms with Crippen LogP contribution >= 0.6 is 7.60 Å². The van der Waals surface area contributed by atoms with E-state index in [1.165, 1.54) is 49.1 Å². The molecule has 0 amide bonds. The third-order valence-electron chi connectivity index (χ3n) is 6.49. The van der Waals surface area contributed by atoms with Gasteiger partial charge in [-0.1, -0.05) is 44.4 Å². The molecule has 8 heteroatoms. The smallest absolute Gasteiger partial charge is 0.325 e. The van der Waals surface area contributed by atoms with Crippen molar-refractivity contribution in [1.82, 2.24) is 5.32 Å². The maximum atomic E-state index is 14.8. The maximum Gasteiger partial charge on any atom is 0.325 e. The van der Waals surface area contributed by atoms with E-state index in [0.717, 1.165) is 19.3 Å². The summed E-state index contributed by atoms with van der Waals surface area (Å²) in [5.74, 6) is 0.571. The summed E-state index contributed by atoms with van der Waals surface area (Å²) in [6.07, 6.45) is 6.63. The van der Waals surface area contributed by atoms with Crippen molar-refractivity contribution in [3.8, 4) is 11.5 Å². The lowest BCUT2D eigenvalue weighted by molar-refractivity contribution is 0.260. The molecule has 0 saturated carbocycles. The Labute approximate surface area is 215 Å². The normalized spacial score (nSPS) is 12.5. The van der Waals surface area contributed by atoms with E-state index < -0.39 is 13.4 Å². The van der Waals surface area contributed by atoms with Gasteiger partial charge in [0.1, 0.15) is 0 Å². The summed E-state index contributed by atoms with van der Waals surface area (Å²) in [6.45, 7) is 7.72. The lowest BCUT2D eigenvalue weighted by Gasteiger charge is -2.18. The van der Waals surface area contributed by atoms with Crippen LogP contribution in [-0.2, 0) is 17.5 Å². The number of hydrogen-bond acceptors (Lipinski definition) is 4. The van der Waals surface area contributed by atoms with Crippen LogP contribution < -0.4 is 14.8 Å². The molecular formula is C28H43FNO5P. The minimum Gasteiger partial charge on any atom is -0.493 e. The number of unbranched alkanes of at least 4 members (excludes halogenated alkanes) is 1. The minimum atomic E-state index is -3.99. The zero-order valence-corrected chi connectivity index (χ0v) is 23.1. The molecule has 1 unspecified atom stereocenters. The largest absolute Gasteiger partial charge is 0.493 e. The van der Waals surface area contributed by atoms with Gasteiger partial charge in [-0.05, 0) is 86.4 Å². The summed E-state index contributed by atoms with van der Waals surface area (Å²) < 4.78 is 36.9. The summed E-state index contributed by atoms with van der Waals surface area (Å²) in [5, 5.41) is 3.07. The van der Waals surface area contributed by atoms with Crippen molar-refractivity contribution >= 4 is 7.60 Å². The monoisotopic (exact) mass is 523 g/mol. The molecule has 0 bridgehead atoms. The van der Waals surface area contributed by atoms with Crippen molar-refractivity contribution in [3.05, 3.63) is 58.4 Å². The average Bonchev–Trinajstić information content (AvgIpc) is 2.82. The number of methoxy groups -OCH3 is 1. The van der Waals surface area contributed by atoms with E-state index in [2.05, 4.69) is 44.3 Å². The second kappa shape index (κ2) is 15.4. The van der Waals surface area contributed by atoms with Gasteiger partial charge in [-0.25, -0.2) is 4.39 Å². The highest BCUT2D eigenvalue weighted by molar-refractivity contribution is 7.51. The SMILES string of the molecule is CCCCC(CCCOc1c(F)cc(CNCCCP(=O)(O)O)cc1OC)Cc1ccc(C)c(C)c1. The van der Waals surface area contributed by atoms with Crippen LogP contribution in [0.4, 0.5) is 4.39 Å². The quantitative estimate of drug-likeness (QED) is 0.166. The zero-order chi connectivity index (χ0) is 26.6. The summed E-state index contributed by atoms with van der Waals surface area (Å²) in [6, 6.07) is 9.86. The molecule has 3 N–H and O–H groups in total. The van der Waals surface area contributed by atoms with E-state index in [9.17, 15) is 8.96 Å². The second-order valence-electron chi connectivity index (χ2n) is 9.65. The van der Waals surface area contributed by atoms with Crippen LogP contribution in [0.15, 0.2) is 30.3 Å². The first-order valence-electron chi connectivity index (χ1n) is 12.9. The number of benzene rings is 2. The molecule has 0 radical (unpaired) electrons. The third-order valence-corrected chi connectivity index (χ3v) is 7.38. The first kappa shape index (κ1) is 30.3. The Morgan fingerprint density at radius 1 is 1.03 bits per heavy atom. The Hall–Kier alpha value is -1.92. The van der Waals surface area contributed by atoms with E-state index in [4.69, 9.17) is 19.3 Å². The molecule has 0 aliphatic carbocycles. The highest BCUT2D eigenvalue weighted by Gasteiger charge is 2.16. The highest BCUT2D eigenvalue weighted by atomic mass is 31.2. The van der Waals surface area contributed by atoms with E-state index in [0.29, 0.717) is 43.3 Å². The number of halogens is 1. The second-order valence-corrected chi connectivity index (χ2v) is 11.4. The molecule has 0 fully saturated rings. The van der Waals surface area contributed by atoms with Crippen LogP contribution in [0, 0.1) is 25.6 Å². The topological polar surface area (TPSA) is 88.0 Å².